The molecular weight excluding hydrogens is 437 g/mol. The van der Waals surface area contributed by atoms with Gasteiger partial charge in [0.25, 0.3) is 0 Å². The third-order valence-electron chi connectivity index (χ3n) is 5.02. The summed E-state index contributed by atoms with van der Waals surface area (Å²) in [6.07, 6.45) is -2.21. The van der Waals surface area contributed by atoms with E-state index < -0.39 is 6.36 Å². The van der Waals surface area contributed by atoms with Crippen LogP contribution in [-0.4, -0.2) is 36.6 Å². The van der Waals surface area contributed by atoms with Crippen molar-refractivity contribution < 1.29 is 27.5 Å². The highest BCUT2D eigenvalue weighted by atomic mass is 19.4. The van der Waals surface area contributed by atoms with Gasteiger partial charge in [-0.1, -0.05) is 36.3 Å². The van der Waals surface area contributed by atoms with E-state index in [2.05, 4.69) is 15.2 Å². The van der Waals surface area contributed by atoms with Crippen LogP contribution in [0.2, 0.25) is 0 Å². The predicted octanol–water partition coefficient (Wildman–Crippen LogP) is 4.54. The molecule has 1 aliphatic rings. The molecule has 1 aliphatic carbocycles. The van der Waals surface area contributed by atoms with Crippen molar-refractivity contribution in [2.24, 2.45) is 11.0 Å². The fraction of sp³-hybridized carbons (Fsp3) is 0.391. The van der Waals surface area contributed by atoms with Crippen molar-refractivity contribution >= 4 is 17.3 Å². The lowest BCUT2D eigenvalue weighted by Crippen LogP contribution is -2.35. The number of benzene rings is 2. The van der Waals surface area contributed by atoms with Crippen molar-refractivity contribution in [2.75, 3.05) is 18.9 Å². The van der Waals surface area contributed by atoms with E-state index in [9.17, 15) is 18.0 Å². The standard InChI is InChI=1S/C23H27F3N4O3/c1-3-20(16-6-4-7-17(12-16)33-23(24,25)26)29-32-14-19-18(15-10-11-15)8-5-9-21(19)28-22(31)13-30(2)27/h4-9,12,15H,3,10-11,13-14,27H2,1-2H3,(H,28,31)/b29-20-. The van der Waals surface area contributed by atoms with Gasteiger partial charge < -0.3 is 14.9 Å². The number of hydrazine groups is 1. The fourth-order valence-corrected chi connectivity index (χ4v) is 3.44. The maximum Gasteiger partial charge on any atom is 0.573 e. The highest BCUT2D eigenvalue weighted by molar-refractivity contribution is 6.00. The fourth-order valence-electron chi connectivity index (χ4n) is 3.44. The van der Waals surface area contributed by atoms with Crippen LogP contribution in [-0.2, 0) is 16.2 Å². The average molecular weight is 464 g/mol. The molecule has 0 aliphatic heterocycles. The molecular formula is C23H27F3N4O3. The molecule has 1 amide bonds. The zero-order chi connectivity index (χ0) is 24.0. The van der Waals surface area contributed by atoms with Gasteiger partial charge in [0.15, 0.2) is 0 Å². The number of nitrogens with one attached hydrogen (secondary N) is 1. The van der Waals surface area contributed by atoms with Gasteiger partial charge in [0, 0.05) is 23.9 Å². The van der Waals surface area contributed by atoms with Crippen LogP contribution in [0.25, 0.3) is 0 Å². The van der Waals surface area contributed by atoms with E-state index >= 15 is 0 Å². The number of anilines is 1. The van der Waals surface area contributed by atoms with Gasteiger partial charge in [-0.3, -0.25) is 10.6 Å². The molecule has 0 radical (unpaired) electrons. The van der Waals surface area contributed by atoms with Crippen LogP contribution >= 0.6 is 0 Å². The molecule has 0 heterocycles. The van der Waals surface area contributed by atoms with Gasteiger partial charge in [0.2, 0.25) is 5.91 Å². The summed E-state index contributed by atoms with van der Waals surface area (Å²) in [5.74, 6) is 5.39. The third-order valence-corrected chi connectivity index (χ3v) is 5.02. The second kappa shape index (κ2) is 10.7. The summed E-state index contributed by atoms with van der Waals surface area (Å²) in [5.41, 5.74) is 3.47. The number of amides is 1. The number of ether oxygens (including phenoxy) is 1. The van der Waals surface area contributed by atoms with Gasteiger partial charge in [-0.2, -0.15) is 0 Å². The molecule has 0 atom stereocenters. The maximum atomic E-state index is 12.5. The number of hydrogen-bond donors (Lipinski definition) is 2. The molecule has 3 N–H and O–H groups in total. The number of rotatable bonds is 10. The van der Waals surface area contributed by atoms with Crippen LogP contribution in [0, 0.1) is 0 Å². The number of nitrogens with two attached hydrogens (primary N) is 1. The van der Waals surface area contributed by atoms with Gasteiger partial charge in [-0.25, -0.2) is 5.01 Å². The van der Waals surface area contributed by atoms with E-state index in [4.69, 9.17) is 10.7 Å². The van der Waals surface area contributed by atoms with Gasteiger partial charge in [0.1, 0.15) is 12.4 Å². The van der Waals surface area contributed by atoms with Gasteiger partial charge in [-0.05, 0) is 48.9 Å². The Kier molecular flexibility index (Phi) is 7.93. The Morgan fingerprint density at radius 3 is 2.61 bits per heavy atom. The second-order valence-corrected chi connectivity index (χ2v) is 7.85. The summed E-state index contributed by atoms with van der Waals surface area (Å²) >= 11 is 0. The van der Waals surface area contributed by atoms with Crippen molar-refractivity contribution in [2.45, 2.75) is 45.1 Å². The van der Waals surface area contributed by atoms with Crippen LogP contribution < -0.4 is 15.9 Å². The predicted molar refractivity (Wildman–Crippen MR) is 119 cm³/mol. The number of carbonyl (C=O) groups is 1. The first-order valence-corrected chi connectivity index (χ1v) is 10.6. The molecule has 0 spiro atoms. The SMILES string of the molecule is CC/C(=N/OCc1c(NC(=O)CN(C)N)cccc1C1CC1)c1cccc(OC(F)(F)F)c1. The van der Waals surface area contributed by atoms with E-state index in [1.807, 2.05) is 19.1 Å². The minimum absolute atomic E-state index is 0.0302. The number of nitrogens with zero attached hydrogens (tertiary/aromatic N) is 2. The van der Waals surface area contributed by atoms with Crippen LogP contribution in [0.4, 0.5) is 18.9 Å². The highest BCUT2D eigenvalue weighted by Crippen LogP contribution is 2.43. The van der Waals surface area contributed by atoms with Crippen molar-refractivity contribution in [3.8, 4) is 5.75 Å². The largest absolute Gasteiger partial charge is 0.573 e. The Balaban J connectivity index is 1.78. The summed E-state index contributed by atoms with van der Waals surface area (Å²) in [5, 5.41) is 8.32. The van der Waals surface area contributed by atoms with Crippen molar-refractivity contribution in [3.63, 3.8) is 0 Å². The van der Waals surface area contributed by atoms with E-state index in [0.717, 1.165) is 24.0 Å². The Bertz CT molecular complexity index is 1000. The second-order valence-electron chi connectivity index (χ2n) is 7.85. The van der Waals surface area contributed by atoms with Crippen LogP contribution in [0.1, 0.15) is 48.8 Å². The topological polar surface area (TPSA) is 89.2 Å². The average Bonchev–Trinajstić information content (AvgIpc) is 3.55. The van der Waals surface area contributed by atoms with Crippen molar-refractivity contribution in [3.05, 3.63) is 59.2 Å². The molecule has 1 saturated carbocycles. The summed E-state index contributed by atoms with van der Waals surface area (Å²) in [7, 11) is 1.60. The zero-order valence-corrected chi connectivity index (χ0v) is 18.5. The summed E-state index contributed by atoms with van der Waals surface area (Å²) in [6, 6.07) is 11.3. The minimum atomic E-state index is -4.77. The molecule has 2 aromatic carbocycles. The molecule has 0 bridgehead atoms. The Morgan fingerprint density at radius 1 is 1.24 bits per heavy atom. The molecule has 3 rings (SSSR count). The summed E-state index contributed by atoms with van der Waals surface area (Å²) < 4.78 is 41.6. The van der Waals surface area contributed by atoms with Gasteiger partial charge in [0.05, 0.1) is 12.3 Å². The Hall–Kier alpha value is -3.11. The summed E-state index contributed by atoms with van der Waals surface area (Å²) in [4.78, 5) is 17.9. The molecule has 178 valence electrons. The normalized spacial score (nSPS) is 14.3. The Morgan fingerprint density at radius 2 is 1.97 bits per heavy atom. The monoisotopic (exact) mass is 464 g/mol. The first-order chi connectivity index (χ1) is 15.7. The highest BCUT2D eigenvalue weighted by Gasteiger charge is 2.31. The van der Waals surface area contributed by atoms with E-state index in [-0.39, 0.29) is 24.8 Å². The quantitative estimate of drug-likeness (QED) is 0.306. The lowest BCUT2D eigenvalue weighted by molar-refractivity contribution is -0.274. The molecule has 0 saturated heterocycles. The van der Waals surface area contributed by atoms with Crippen LogP contribution in [0.15, 0.2) is 47.6 Å². The number of carbonyl (C=O) groups excluding carboxylic acids is 1. The molecule has 33 heavy (non-hydrogen) atoms. The van der Waals surface area contributed by atoms with E-state index in [0.29, 0.717) is 29.3 Å². The number of oxime groups is 1. The van der Waals surface area contributed by atoms with Gasteiger partial charge in [-0.15, -0.1) is 13.2 Å². The molecule has 7 nitrogen and oxygen atoms in total. The Labute approximate surface area is 190 Å². The first kappa shape index (κ1) is 24.5. The number of alkyl halides is 3. The van der Waals surface area contributed by atoms with E-state index in [1.54, 1.807) is 19.2 Å². The van der Waals surface area contributed by atoms with Crippen molar-refractivity contribution in [1.29, 1.82) is 0 Å². The first-order valence-electron chi connectivity index (χ1n) is 10.6. The maximum absolute atomic E-state index is 12.5. The molecule has 2 aromatic rings. The minimum Gasteiger partial charge on any atom is -0.406 e. The smallest absolute Gasteiger partial charge is 0.406 e. The van der Waals surface area contributed by atoms with Crippen molar-refractivity contribution in [1.82, 2.24) is 5.01 Å². The molecule has 0 aromatic heterocycles. The number of hydrogen-bond acceptors (Lipinski definition) is 6. The van der Waals surface area contributed by atoms with Gasteiger partial charge >= 0.3 is 6.36 Å². The lowest BCUT2D eigenvalue weighted by atomic mass is 10.0. The summed E-state index contributed by atoms with van der Waals surface area (Å²) in [6.45, 7) is 1.96. The van der Waals surface area contributed by atoms with Crippen LogP contribution in [0.5, 0.6) is 5.75 Å². The molecule has 10 heteroatoms. The third kappa shape index (κ3) is 7.47. The number of likely N-dealkylation sites (N-methyl/N-ethyl adjacent to an activating group) is 1. The molecule has 0 unspecified atom stereocenters. The lowest BCUT2D eigenvalue weighted by Gasteiger charge is -2.16. The number of halogens is 3. The molecule has 1 fully saturated rings. The van der Waals surface area contributed by atoms with E-state index in [1.165, 1.54) is 23.2 Å². The van der Waals surface area contributed by atoms with Crippen LogP contribution in [0.3, 0.4) is 0 Å². The zero-order valence-electron chi connectivity index (χ0n) is 18.5.